The Balaban J connectivity index is 2.02. The van der Waals surface area contributed by atoms with Crippen LogP contribution in [0, 0.1) is 15.9 Å². The largest absolute Gasteiger partial charge is 0.395 e. The number of nitrogens with one attached hydrogen (secondary N) is 2. The topological polar surface area (TPSA) is 126 Å². The van der Waals surface area contributed by atoms with Crippen LogP contribution in [-0.2, 0) is 6.54 Å². The average Bonchev–Trinajstić information content (AvgIpc) is 2.75. The van der Waals surface area contributed by atoms with Crippen molar-refractivity contribution in [3.05, 3.63) is 85.9 Å². The van der Waals surface area contributed by atoms with Gasteiger partial charge in [-0.3, -0.25) is 19.7 Å². The molecule has 0 aliphatic carbocycles. The quantitative estimate of drug-likeness (QED) is 0.269. The molecular formula is C21H21FN4O5. The predicted molar refractivity (Wildman–Crippen MR) is 113 cm³/mol. The van der Waals surface area contributed by atoms with E-state index in [0.29, 0.717) is 24.2 Å². The van der Waals surface area contributed by atoms with E-state index in [1.54, 1.807) is 16.7 Å². The number of halogens is 1. The second kappa shape index (κ2) is 9.92. The number of rotatable bonds is 9. The molecule has 1 heterocycles. The van der Waals surface area contributed by atoms with Crippen molar-refractivity contribution in [2.75, 3.05) is 26.2 Å². The van der Waals surface area contributed by atoms with Crippen molar-refractivity contribution in [2.24, 2.45) is 0 Å². The molecule has 1 amide bonds. The molecule has 3 aromatic rings. The Bertz CT molecular complexity index is 1180. The molecule has 3 N–H and O–H groups in total. The number of aliphatic hydroxyl groups excluding tert-OH is 1. The van der Waals surface area contributed by atoms with Crippen molar-refractivity contribution in [2.45, 2.75) is 6.54 Å². The zero-order valence-electron chi connectivity index (χ0n) is 16.5. The summed E-state index contributed by atoms with van der Waals surface area (Å²) in [6, 6.07) is 9.74. The number of hydrogen-bond donors (Lipinski definition) is 3. The highest BCUT2D eigenvalue weighted by Crippen LogP contribution is 2.20. The number of benzene rings is 2. The van der Waals surface area contributed by atoms with E-state index >= 15 is 0 Å². The molecule has 2 aromatic carbocycles. The molecule has 3 rings (SSSR count). The van der Waals surface area contributed by atoms with Gasteiger partial charge in [0.15, 0.2) is 0 Å². The van der Waals surface area contributed by atoms with Crippen LogP contribution >= 0.6 is 0 Å². The number of fused-ring (bicyclic) bond motifs is 1. The third-order valence-electron chi connectivity index (χ3n) is 4.64. The van der Waals surface area contributed by atoms with Crippen molar-refractivity contribution in [1.82, 2.24) is 15.2 Å². The summed E-state index contributed by atoms with van der Waals surface area (Å²) in [5.41, 5.74) is -0.0851. The summed E-state index contributed by atoms with van der Waals surface area (Å²) in [7, 11) is 0. The van der Waals surface area contributed by atoms with E-state index in [2.05, 4.69) is 10.6 Å². The first-order valence-electron chi connectivity index (χ1n) is 9.56. The maximum atomic E-state index is 13.6. The van der Waals surface area contributed by atoms with Crippen LogP contribution in [0.2, 0.25) is 0 Å². The minimum Gasteiger partial charge on any atom is -0.395 e. The van der Waals surface area contributed by atoms with E-state index in [0.717, 1.165) is 6.07 Å². The van der Waals surface area contributed by atoms with Crippen molar-refractivity contribution in [1.29, 1.82) is 0 Å². The molecule has 10 heteroatoms. The summed E-state index contributed by atoms with van der Waals surface area (Å²) in [6.45, 7) is 1.10. The van der Waals surface area contributed by atoms with Gasteiger partial charge in [0.25, 0.3) is 11.6 Å². The lowest BCUT2D eigenvalue weighted by atomic mass is 10.1. The van der Waals surface area contributed by atoms with Crippen molar-refractivity contribution < 1.29 is 19.2 Å². The lowest BCUT2D eigenvalue weighted by molar-refractivity contribution is -0.384. The molecule has 0 spiro atoms. The monoisotopic (exact) mass is 428 g/mol. The van der Waals surface area contributed by atoms with Crippen LogP contribution in [0.3, 0.4) is 0 Å². The first-order valence-corrected chi connectivity index (χ1v) is 9.56. The number of carbonyl (C=O) groups excluding carboxylic acids is 1. The Morgan fingerprint density at radius 2 is 1.97 bits per heavy atom. The molecule has 31 heavy (non-hydrogen) atoms. The predicted octanol–water partition coefficient (Wildman–Crippen LogP) is 1.41. The molecule has 0 unspecified atom stereocenters. The van der Waals surface area contributed by atoms with Crippen molar-refractivity contribution in [3.63, 3.8) is 0 Å². The molecule has 9 nitrogen and oxygen atoms in total. The van der Waals surface area contributed by atoms with E-state index in [1.165, 1.54) is 30.5 Å². The van der Waals surface area contributed by atoms with Gasteiger partial charge in [-0.25, -0.2) is 4.39 Å². The normalized spacial score (nSPS) is 10.9. The van der Waals surface area contributed by atoms with Crippen LogP contribution in [0.15, 0.2) is 53.5 Å². The number of nitro groups is 1. The first kappa shape index (κ1) is 22.1. The standard InChI is InChI=1S/C21H21FN4O5/c22-15-3-1-2-14(10-15)12-25-13-18(21(29)24-7-6-23-8-9-27)20(28)17-11-16(26(30)31)4-5-19(17)25/h1-5,10-11,13,23,27H,6-9,12H2,(H,24,29). The number of nitrogens with zero attached hydrogens (tertiary/aromatic N) is 2. The molecule has 162 valence electrons. The van der Waals surface area contributed by atoms with E-state index in [1.807, 2.05) is 0 Å². The number of aromatic nitrogens is 1. The van der Waals surface area contributed by atoms with E-state index in [-0.39, 0.29) is 36.3 Å². The fourth-order valence-electron chi connectivity index (χ4n) is 3.19. The van der Waals surface area contributed by atoms with Gasteiger partial charge in [-0.2, -0.15) is 0 Å². The third-order valence-corrected chi connectivity index (χ3v) is 4.64. The zero-order chi connectivity index (χ0) is 22.4. The fourth-order valence-corrected chi connectivity index (χ4v) is 3.19. The maximum Gasteiger partial charge on any atom is 0.270 e. The lowest BCUT2D eigenvalue weighted by Crippen LogP contribution is -2.35. The first-order chi connectivity index (χ1) is 14.9. The second-order valence-electron chi connectivity index (χ2n) is 6.82. The van der Waals surface area contributed by atoms with Gasteiger partial charge in [-0.05, 0) is 23.8 Å². The molecular weight excluding hydrogens is 407 g/mol. The third kappa shape index (κ3) is 5.30. The Kier molecular flexibility index (Phi) is 7.06. The van der Waals surface area contributed by atoms with Gasteiger partial charge in [-0.15, -0.1) is 0 Å². The summed E-state index contributed by atoms with van der Waals surface area (Å²) in [5, 5.41) is 25.5. The van der Waals surface area contributed by atoms with Gasteiger partial charge in [0, 0.05) is 44.5 Å². The Labute approximate surface area is 176 Å². The molecule has 1 aromatic heterocycles. The summed E-state index contributed by atoms with van der Waals surface area (Å²) < 4.78 is 15.2. The van der Waals surface area contributed by atoms with E-state index in [4.69, 9.17) is 5.11 Å². The SMILES string of the molecule is O=C(NCCNCCO)c1cn(Cc2cccc(F)c2)c2ccc([N+](=O)[O-])cc2c1=O. The summed E-state index contributed by atoms with van der Waals surface area (Å²) in [5.74, 6) is -1.05. The summed E-state index contributed by atoms with van der Waals surface area (Å²) in [6.07, 6.45) is 1.37. The van der Waals surface area contributed by atoms with Crippen molar-refractivity contribution in [3.8, 4) is 0 Å². The average molecular weight is 428 g/mol. The number of non-ortho nitro benzene ring substituents is 1. The van der Waals surface area contributed by atoms with Crippen LogP contribution in [0.25, 0.3) is 10.9 Å². The number of pyridine rings is 1. The van der Waals surface area contributed by atoms with Gasteiger partial charge in [0.05, 0.1) is 22.4 Å². The van der Waals surface area contributed by atoms with Crippen LogP contribution < -0.4 is 16.1 Å². The highest BCUT2D eigenvalue weighted by Gasteiger charge is 2.18. The fraction of sp³-hybridized carbons (Fsp3) is 0.238. The minimum atomic E-state index is -0.630. The van der Waals surface area contributed by atoms with E-state index in [9.17, 15) is 24.1 Å². The summed E-state index contributed by atoms with van der Waals surface area (Å²) in [4.78, 5) is 36.1. The van der Waals surface area contributed by atoms with Gasteiger partial charge in [0.1, 0.15) is 11.4 Å². The second-order valence-corrected chi connectivity index (χ2v) is 6.82. The highest BCUT2D eigenvalue weighted by atomic mass is 19.1. The Morgan fingerprint density at radius 1 is 1.16 bits per heavy atom. The molecule has 0 atom stereocenters. The molecule has 0 aliphatic rings. The minimum absolute atomic E-state index is 0.0247. The Hall–Kier alpha value is -3.63. The Morgan fingerprint density at radius 3 is 2.68 bits per heavy atom. The van der Waals surface area contributed by atoms with Crippen LogP contribution in [-0.4, -0.2) is 46.7 Å². The smallest absolute Gasteiger partial charge is 0.270 e. The van der Waals surface area contributed by atoms with Crippen LogP contribution in [0.5, 0.6) is 0 Å². The molecule has 0 bridgehead atoms. The molecule has 0 radical (unpaired) electrons. The lowest BCUT2D eigenvalue weighted by Gasteiger charge is -2.14. The van der Waals surface area contributed by atoms with Gasteiger partial charge in [-0.1, -0.05) is 12.1 Å². The maximum absolute atomic E-state index is 13.6. The van der Waals surface area contributed by atoms with E-state index < -0.39 is 22.1 Å². The highest BCUT2D eigenvalue weighted by molar-refractivity contribution is 5.97. The van der Waals surface area contributed by atoms with Crippen molar-refractivity contribution >= 4 is 22.5 Å². The molecule has 0 fully saturated rings. The van der Waals surface area contributed by atoms with Crippen LogP contribution in [0.1, 0.15) is 15.9 Å². The number of hydrogen-bond acceptors (Lipinski definition) is 6. The molecule has 0 aliphatic heterocycles. The summed E-state index contributed by atoms with van der Waals surface area (Å²) >= 11 is 0. The molecule has 0 saturated heterocycles. The number of aliphatic hydroxyl groups is 1. The molecule has 0 saturated carbocycles. The zero-order valence-corrected chi connectivity index (χ0v) is 16.5. The number of carbonyl (C=O) groups is 1. The van der Waals surface area contributed by atoms with Gasteiger partial charge >= 0.3 is 0 Å². The number of amides is 1. The van der Waals surface area contributed by atoms with Gasteiger partial charge < -0.3 is 20.3 Å². The van der Waals surface area contributed by atoms with Gasteiger partial charge in [0.2, 0.25) is 5.43 Å². The number of nitro benzene ring substituents is 1. The van der Waals surface area contributed by atoms with Crippen LogP contribution in [0.4, 0.5) is 10.1 Å².